The lowest BCUT2D eigenvalue weighted by molar-refractivity contribution is 0.660. The summed E-state index contributed by atoms with van der Waals surface area (Å²) in [5.74, 6) is 0. The van der Waals surface area contributed by atoms with Crippen LogP contribution in [0.3, 0.4) is 0 Å². The van der Waals surface area contributed by atoms with Crippen LogP contribution in [0.2, 0.25) is 0 Å². The summed E-state index contributed by atoms with van der Waals surface area (Å²) in [5, 5.41) is 2.50. The van der Waals surface area contributed by atoms with Crippen molar-refractivity contribution < 1.29 is 0 Å². The Kier molecular flexibility index (Phi) is 6.43. The third-order valence-corrected chi connectivity index (χ3v) is 9.57. The normalized spacial score (nSPS) is 13.0. The van der Waals surface area contributed by atoms with Crippen LogP contribution >= 0.6 is 0 Å². The van der Waals surface area contributed by atoms with Crippen LogP contribution in [0.5, 0.6) is 0 Å². The Labute approximate surface area is 266 Å². The molecule has 0 N–H and O–H groups in total. The van der Waals surface area contributed by atoms with Crippen molar-refractivity contribution in [2.24, 2.45) is 0 Å². The maximum atomic E-state index is 2.41. The van der Waals surface area contributed by atoms with Crippen molar-refractivity contribution in [3.63, 3.8) is 0 Å². The van der Waals surface area contributed by atoms with Gasteiger partial charge in [0.05, 0.1) is 0 Å². The van der Waals surface area contributed by atoms with E-state index in [9.17, 15) is 0 Å². The Morgan fingerprint density at radius 3 is 1.64 bits per heavy atom. The number of hydrogen-bond donors (Lipinski definition) is 0. The van der Waals surface area contributed by atoms with Crippen molar-refractivity contribution >= 4 is 27.8 Å². The Morgan fingerprint density at radius 1 is 0.422 bits per heavy atom. The quantitative estimate of drug-likeness (QED) is 0.197. The summed E-state index contributed by atoms with van der Waals surface area (Å²) in [7, 11) is 0. The molecule has 0 aromatic heterocycles. The molecule has 0 amide bonds. The summed E-state index contributed by atoms with van der Waals surface area (Å²) in [4.78, 5) is 2.38. The van der Waals surface area contributed by atoms with Crippen LogP contribution in [0.15, 0.2) is 158 Å². The maximum absolute atomic E-state index is 2.41. The highest BCUT2D eigenvalue weighted by molar-refractivity contribution is 5.97. The molecule has 0 heterocycles. The summed E-state index contributed by atoms with van der Waals surface area (Å²) in [6.07, 6.45) is 0. The fourth-order valence-corrected chi connectivity index (χ4v) is 7.25. The molecule has 0 bridgehead atoms. The standard InChI is InChI=1S/C44H35N/c1-30-13-12-20-41-43(30)38-26-25-37(29-42(38)44(41,2)3)45(35-18-8-5-9-19-35)36-23-21-32(22-24-36)40-28-34-17-11-10-16-33(34)27-39(40)31-14-6-4-7-15-31/h4-29H,1-3H3. The van der Waals surface area contributed by atoms with Gasteiger partial charge in [-0.3, -0.25) is 0 Å². The van der Waals surface area contributed by atoms with Crippen LogP contribution in [-0.2, 0) is 5.41 Å². The largest absolute Gasteiger partial charge is 0.310 e. The van der Waals surface area contributed by atoms with Gasteiger partial charge >= 0.3 is 0 Å². The molecule has 1 aliphatic carbocycles. The molecule has 1 nitrogen and oxygen atoms in total. The molecule has 0 fully saturated rings. The molecular weight excluding hydrogens is 542 g/mol. The van der Waals surface area contributed by atoms with Crippen molar-refractivity contribution in [3.8, 4) is 33.4 Å². The summed E-state index contributed by atoms with van der Waals surface area (Å²) in [5.41, 5.74) is 15.2. The van der Waals surface area contributed by atoms with Crippen LogP contribution < -0.4 is 4.90 Å². The summed E-state index contributed by atoms with van der Waals surface area (Å²) >= 11 is 0. The van der Waals surface area contributed by atoms with Gasteiger partial charge in [0.15, 0.2) is 0 Å². The van der Waals surface area contributed by atoms with Gasteiger partial charge in [-0.2, -0.15) is 0 Å². The van der Waals surface area contributed by atoms with E-state index in [1.54, 1.807) is 0 Å². The number of rotatable bonds is 5. The molecule has 0 saturated carbocycles. The van der Waals surface area contributed by atoms with Crippen molar-refractivity contribution in [3.05, 3.63) is 174 Å². The molecule has 0 radical (unpaired) electrons. The monoisotopic (exact) mass is 577 g/mol. The fraction of sp³-hybridized carbons (Fsp3) is 0.0909. The predicted molar refractivity (Wildman–Crippen MR) is 192 cm³/mol. The lowest BCUT2D eigenvalue weighted by Crippen LogP contribution is -2.16. The van der Waals surface area contributed by atoms with E-state index < -0.39 is 0 Å². The minimum Gasteiger partial charge on any atom is -0.310 e. The molecule has 7 aromatic rings. The second-order valence-corrected chi connectivity index (χ2v) is 12.7. The number of aryl methyl sites for hydroxylation is 1. The predicted octanol–water partition coefficient (Wildman–Crippen LogP) is 12.3. The highest BCUT2D eigenvalue weighted by Gasteiger charge is 2.36. The van der Waals surface area contributed by atoms with E-state index in [2.05, 4.69) is 183 Å². The average molecular weight is 578 g/mol. The third kappa shape index (κ3) is 4.55. The van der Waals surface area contributed by atoms with Crippen LogP contribution in [0, 0.1) is 6.92 Å². The molecule has 7 aromatic carbocycles. The van der Waals surface area contributed by atoms with Gasteiger partial charge in [-0.25, -0.2) is 0 Å². The number of fused-ring (bicyclic) bond motifs is 4. The molecule has 1 aliphatic rings. The molecular formula is C44H35N. The molecule has 8 rings (SSSR count). The maximum Gasteiger partial charge on any atom is 0.0465 e. The average Bonchev–Trinajstić information content (AvgIpc) is 3.32. The SMILES string of the molecule is Cc1cccc2c1-c1ccc(N(c3ccccc3)c3ccc(-c4cc5ccccc5cc4-c4ccccc4)cc3)cc1C2(C)C. The van der Waals surface area contributed by atoms with Crippen molar-refractivity contribution in [2.45, 2.75) is 26.2 Å². The van der Waals surface area contributed by atoms with E-state index in [4.69, 9.17) is 0 Å². The van der Waals surface area contributed by atoms with E-state index >= 15 is 0 Å². The third-order valence-electron chi connectivity index (χ3n) is 9.57. The minimum absolute atomic E-state index is 0.0666. The van der Waals surface area contributed by atoms with Crippen LogP contribution in [0.25, 0.3) is 44.2 Å². The second-order valence-electron chi connectivity index (χ2n) is 12.7. The molecule has 0 spiro atoms. The zero-order valence-corrected chi connectivity index (χ0v) is 26.0. The van der Waals surface area contributed by atoms with Gasteiger partial charge in [-0.05, 0) is 116 Å². The lowest BCUT2D eigenvalue weighted by atomic mass is 9.82. The van der Waals surface area contributed by atoms with Crippen molar-refractivity contribution in [1.29, 1.82) is 0 Å². The van der Waals surface area contributed by atoms with E-state index in [-0.39, 0.29) is 5.41 Å². The second kappa shape index (κ2) is 10.6. The van der Waals surface area contributed by atoms with Crippen LogP contribution in [0.1, 0.15) is 30.5 Å². The minimum atomic E-state index is -0.0666. The van der Waals surface area contributed by atoms with E-state index in [1.165, 1.54) is 66.5 Å². The topological polar surface area (TPSA) is 3.24 Å². The first kappa shape index (κ1) is 27.2. The van der Waals surface area contributed by atoms with Gasteiger partial charge in [0, 0.05) is 22.5 Å². The van der Waals surface area contributed by atoms with E-state index in [0.29, 0.717) is 0 Å². The number of benzene rings is 7. The highest BCUT2D eigenvalue weighted by Crippen LogP contribution is 2.51. The summed E-state index contributed by atoms with van der Waals surface area (Å²) in [6, 6.07) is 57.6. The van der Waals surface area contributed by atoms with Gasteiger partial charge in [-0.1, -0.05) is 123 Å². The first-order valence-corrected chi connectivity index (χ1v) is 15.8. The summed E-state index contributed by atoms with van der Waals surface area (Å²) in [6.45, 7) is 6.95. The van der Waals surface area contributed by atoms with Crippen molar-refractivity contribution in [1.82, 2.24) is 0 Å². The number of anilines is 3. The Bertz CT molecular complexity index is 2170. The van der Waals surface area contributed by atoms with Gasteiger partial charge in [0.25, 0.3) is 0 Å². The molecule has 216 valence electrons. The van der Waals surface area contributed by atoms with Gasteiger partial charge < -0.3 is 4.90 Å². The van der Waals surface area contributed by atoms with E-state index in [0.717, 1.165) is 11.4 Å². The highest BCUT2D eigenvalue weighted by atomic mass is 15.1. The molecule has 0 atom stereocenters. The fourth-order valence-electron chi connectivity index (χ4n) is 7.25. The molecule has 1 heteroatoms. The van der Waals surface area contributed by atoms with Crippen LogP contribution in [-0.4, -0.2) is 0 Å². The first-order chi connectivity index (χ1) is 22.0. The van der Waals surface area contributed by atoms with Gasteiger partial charge in [0.1, 0.15) is 0 Å². The Hall–Kier alpha value is -5.40. The molecule has 0 saturated heterocycles. The Balaban J connectivity index is 1.25. The zero-order valence-electron chi connectivity index (χ0n) is 26.0. The first-order valence-electron chi connectivity index (χ1n) is 15.8. The van der Waals surface area contributed by atoms with E-state index in [1.807, 2.05) is 0 Å². The Morgan fingerprint density at radius 2 is 0.978 bits per heavy atom. The number of nitrogens with zero attached hydrogens (tertiary/aromatic N) is 1. The molecule has 0 unspecified atom stereocenters. The number of hydrogen-bond acceptors (Lipinski definition) is 1. The molecule has 0 aliphatic heterocycles. The van der Waals surface area contributed by atoms with Gasteiger partial charge in [-0.15, -0.1) is 0 Å². The van der Waals surface area contributed by atoms with Crippen molar-refractivity contribution in [2.75, 3.05) is 4.90 Å². The lowest BCUT2D eigenvalue weighted by Gasteiger charge is -2.28. The molecule has 45 heavy (non-hydrogen) atoms. The number of para-hydroxylation sites is 1. The smallest absolute Gasteiger partial charge is 0.0465 e. The van der Waals surface area contributed by atoms with Gasteiger partial charge in [0.2, 0.25) is 0 Å². The zero-order chi connectivity index (χ0) is 30.5. The summed E-state index contributed by atoms with van der Waals surface area (Å²) < 4.78 is 0. The van der Waals surface area contributed by atoms with Crippen LogP contribution in [0.4, 0.5) is 17.1 Å².